The molecule has 17 heavy (non-hydrogen) atoms. The Morgan fingerprint density at radius 2 is 1.76 bits per heavy atom. The molecule has 0 aliphatic rings. The molecule has 0 unspecified atom stereocenters. The third-order valence-corrected chi connectivity index (χ3v) is 2.25. The fraction of sp³-hybridized carbons (Fsp3) is 0.538. The number of Topliss-reactive ketones (excluding diaryl/α,β-unsaturated/α-hetero) is 1. The van der Waals surface area contributed by atoms with Gasteiger partial charge in [0.15, 0.2) is 5.78 Å². The molecule has 4 nitrogen and oxygen atoms in total. The first-order valence-corrected chi connectivity index (χ1v) is 5.87. The maximum atomic E-state index is 11.4. The molecular formula is C13H21NO3. The van der Waals surface area contributed by atoms with Gasteiger partial charge in [-0.25, -0.2) is 4.79 Å². The number of ether oxygens (including phenoxy) is 1. The van der Waals surface area contributed by atoms with Crippen LogP contribution in [0.3, 0.4) is 0 Å². The van der Waals surface area contributed by atoms with E-state index in [1.54, 1.807) is 13.0 Å². The van der Waals surface area contributed by atoms with Gasteiger partial charge in [-0.05, 0) is 46.0 Å². The van der Waals surface area contributed by atoms with E-state index in [1.807, 2.05) is 20.0 Å². The molecule has 0 aromatic rings. The average Bonchev–Trinajstić information content (AvgIpc) is 2.29. The third-order valence-electron chi connectivity index (χ3n) is 2.25. The molecule has 0 N–H and O–H groups in total. The van der Waals surface area contributed by atoms with Crippen molar-refractivity contribution in [1.82, 2.24) is 4.90 Å². The van der Waals surface area contributed by atoms with Crippen LogP contribution in [0.15, 0.2) is 23.9 Å². The van der Waals surface area contributed by atoms with Crippen LogP contribution in [-0.4, -0.2) is 36.3 Å². The van der Waals surface area contributed by atoms with Gasteiger partial charge < -0.3 is 9.64 Å². The smallest absolute Gasteiger partial charge is 0.341 e. The van der Waals surface area contributed by atoms with Gasteiger partial charge in [-0.1, -0.05) is 0 Å². The number of ketones is 1. The van der Waals surface area contributed by atoms with Gasteiger partial charge in [0, 0.05) is 13.1 Å². The van der Waals surface area contributed by atoms with Crippen molar-refractivity contribution in [3.8, 4) is 0 Å². The van der Waals surface area contributed by atoms with Crippen molar-refractivity contribution >= 4 is 11.8 Å². The van der Waals surface area contributed by atoms with Crippen LogP contribution in [-0.2, 0) is 14.3 Å². The first-order chi connectivity index (χ1) is 8.06. The number of hydrogen-bond donors (Lipinski definition) is 0. The van der Waals surface area contributed by atoms with Crippen molar-refractivity contribution < 1.29 is 14.3 Å². The van der Waals surface area contributed by atoms with Gasteiger partial charge in [0.1, 0.15) is 5.57 Å². The maximum absolute atomic E-state index is 11.4. The van der Waals surface area contributed by atoms with Crippen LogP contribution in [0.2, 0.25) is 0 Å². The summed E-state index contributed by atoms with van der Waals surface area (Å²) < 4.78 is 4.80. The van der Waals surface area contributed by atoms with E-state index in [2.05, 4.69) is 4.90 Å². The Morgan fingerprint density at radius 1 is 1.18 bits per heavy atom. The van der Waals surface area contributed by atoms with Crippen LogP contribution < -0.4 is 0 Å². The first kappa shape index (κ1) is 15.4. The van der Waals surface area contributed by atoms with Gasteiger partial charge >= 0.3 is 5.97 Å². The van der Waals surface area contributed by atoms with Crippen LogP contribution in [0.1, 0.15) is 27.7 Å². The molecular weight excluding hydrogens is 218 g/mol. The van der Waals surface area contributed by atoms with E-state index in [-0.39, 0.29) is 18.0 Å². The van der Waals surface area contributed by atoms with Crippen LogP contribution in [0.5, 0.6) is 0 Å². The summed E-state index contributed by atoms with van der Waals surface area (Å²) in [6, 6.07) is 0. The number of carbonyl (C=O) groups is 2. The molecule has 0 aromatic carbocycles. The molecule has 0 spiro atoms. The topological polar surface area (TPSA) is 46.6 Å². The molecule has 0 radical (unpaired) electrons. The summed E-state index contributed by atoms with van der Waals surface area (Å²) in [5.74, 6) is -0.850. The minimum Gasteiger partial charge on any atom is -0.462 e. The molecule has 0 bridgehead atoms. The molecule has 0 saturated heterocycles. The summed E-state index contributed by atoms with van der Waals surface area (Å²) in [5, 5.41) is 0. The number of rotatable bonds is 7. The van der Waals surface area contributed by atoms with Gasteiger partial charge in [-0.15, -0.1) is 0 Å². The molecule has 0 aliphatic heterocycles. The van der Waals surface area contributed by atoms with Crippen LogP contribution >= 0.6 is 0 Å². The molecule has 0 aliphatic carbocycles. The zero-order chi connectivity index (χ0) is 13.3. The zero-order valence-corrected chi connectivity index (χ0v) is 11.0. The van der Waals surface area contributed by atoms with Crippen molar-refractivity contribution in [3.05, 3.63) is 23.9 Å². The van der Waals surface area contributed by atoms with Crippen molar-refractivity contribution in [3.63, 3.8) is 0 Å². The monoisotopic (exact) mass is 239 g/mol. The van der Waals surface area contributed by atoms with Gasteiger partial charge in [0.05, 0.1) is 6.61 Å². The highest BCUT2D eigenvalue weighted by molar-refractivity contribution is 6.16. The fourth-order valence-electron chi connectivity index (χ4n) is 1.23. The molecule has 0 fully saturated rings. The lowest BCUT2D eigenvalue weighted by Gasteiger charge is -2.13. The van der Waals surface area contributed by atoms with E-state index in [9.17, 15) is 9.59 Å². The van der Waals surface area contributed by atoms with Gasteiger partial charge in [0.2, 0.25) is 0 Å². The Balaban J connectivity index is 4.72. The second kappa shape index (κ2) is 8.56. The van der Waals surface area contributed by atoms with E-state index in [1.165, 1.54) is 13.0 Å². The van der Waals surface area contributed by atoms with E-state index < -0.39 is 5.97 Å². The highest BCUT2D eigenvalue weighted by Crippen LogP contribution is 2.01. The number of allylic oxidation sites excluding steroid dienone is 2. The minimum absolute atomic E-state index is 0.0789. The largest absolute Gasteiger partial charge is 0.462 e. The number of carbonyl (C=O) groups excluding carboxylic acids is 2. The van der Waals surface area contributed by atoms with Crippen LogP contribution in [0, 0.1) is 0 Å². The average molecular weight is 239 g/mol. The number of nitrogens with zero attached hydrogens (tertiary/aromatic N) is 1. The van der Waals surface area contributed by atoms with E-state index in [4.69, 9.17) is 4.74 Å². The van der Waals surface area contributed by atoms with Crippen LogP contribution in [0.4, 0.5) is 0 Å². The Bertz CT molecular complexity index is 315. The van der Waals surface area contributed by atoms with Crippen molar-refractivity contribution in [1.29, 1.82) is 0 Å². The highest BCUT2D eigenvalue weighted by atomic mass is 16.5. The summed E-state index contributed by atoms with van der Waals surface area (Å²) in [6.45, 7) is 9.17. The summed E-state index contributed by atoms with van der Waals surface area (Å²) in [6.07, 6.45) is 5.04. The summed E-state index contributed by atoms with van der Waals surface area (Å²) in [5.41, 5.74) is 0.0789. The lowest BCUT2D eigenvalue weighted by atomic mass is 10.2. The summed E-state index contributed by atoms with van der Waals surface area (Å²) in [4.78, 5) is 24.8. The van der Waals surface area contributed by atoms with E-state index in [0.29, 0.717) is 0 Å². The first-order valence-electron chi connectivity index (χ1n) is 5.87. The predicted molar refractivity (Wildman–Crippen MR) is 67.5 cm³/mol. The Morgan fingerprint density at radius 3 is 2.18 bits per heavy atom. The normalized spacial score (nSPS) is 11.6. The lowest BCUT2D eigenvalue weighted by molar-refractivity contribution is -0.139. The minimum atomic E-state index is -0.566. The number of hydrogen-bond acceptors (Lipinski definition) is 4. The second-order valence-corrected chi connectivity index (χ2v) is 3.42. The van der Waals surface area contributed by atoms with E-state index >= 15 is 0 Å². The Kier molecular flexibility index (Phi) is 7.76. The number of esters is 1. The Labute approximate surface area is 103 Å². The summed E-state index contributed by atoms with van der Waals surface area (Å²) in [7, 11) is 0. The lowest BCUT2D eigenvalue weighted by Crippen LogP contribution is -2.15. The van der Waals surface area contributed by atoms with Crippen molar-refractivity contribution in [2.45, 2.75) is 27.7 Å². The van der Waals surface area contributed by atoms with Crippen molar-refractivity contribution in [2.24, 2.45) is 0 Å². The molecule has 0 rings (SSSR count). The van der Waals surface area contributed by atoms with Gasteiger partial charge in [-0.3, -0.25) is 4.79 Å². The molecule has 0 amide bonds. The molecule has 0 atom stereocenters. The van der Waals surface area contributed by atoms with Gasteiger partial charge in [0.25, 0.3) is 0 Å². The Hall–Kier alpha value is -1.58. The highest BCUT2D eigenvalue weighted by Gasteiger charge is 2.13. The van der Waals surface area contributed by atoms with Crippen molar-refractivity contribution in [2.75, 3.05) is 19.7 Å². The molecule has 0 saturated carbocycles. The second-order valence-electron chi connectivity index (χ2n) is 3.42. The van der Waals surface area contributed by atoms with E-state index in [0.717, 1.165) is 13.1 Å². The SMILES string of the molecule is CCOC(=O)C(=CC=CN(CC)CC)C(C)=O. The predicted octanol–water partition coefficient (Wildman–Crippen LogP) is 1.92. The molecule has 96 valence electrons. The standard InChI is InChI=1S/C13H21NO3/c1-5-14(6-2)10-8-9-12(11(4)15)13(16)17-7-3/h8-10H,5-7H2,1-4H3. The molecule has 4 heteroatoms. The van der Waals surface area contributed by atoms with Gasteiger partial charge in [-0.2, -0.15) is 0 Å². The zero-order valence-electron chi connectivity index (χ0n) is 11.0. The summed E-state index contributed by atoms with van der Waals surface area (Å²) >= 11 is 0. The molecule has 0 aromatic heterocycles. The maximum Gasteiger partial charge on any atom is 0.341 e. The quantitative estimate of drug-likeness (QED) is 0.224. The van der Waals surface area contributed by atoms with Crippen LogP contribution in [0.25, 0.3) is 0 Å². The third kappa shape index (κ3) is 5.90. The fourth-order valence-corrected chi connectivity index (χ4v) is 1.23. The molecule has 0 heterocycles.